The van der Waals surface area contributed by atoms with Crippen LogP contribution in [0, 0.1) is 6.92 Å². The van der Waals surface area contributed by atoms with Crippen LogP contribution in [0.15, 0.2) is 54.6 Å². The molecule has 0 fully saturated rings. The number of nitrogens with one attached hydrogen (secondary N) is 2. The Bertz CT molecular complexity index is 1010. The molecule has 0 unspecified atom stereocenters. The summed E-state index contributed by atoms with van der Waals surface area (Å²) in [5, 5.41) is 7.19. The highest BCUT2D eigenvalue weighted by Gasteiger charge is 2.18. The van der Waals surface area contributed by atoms with Gasteiger partial charge in [-0.3, -0.25) is 4.79 Å². The predicted molar refractivity (Wildman–Crippen MR) is 120 cm³/mol. The van der Waals surface area contributed by atoms with Crippen molar-refractivity contribution < 1.29 is 4.79 Å². The third kappa shape index (κ3) is 4.43. The standard InChI is InChI=1S/C22H22ClN3OS/c1-14-12-19(13-15-4-10-18(11-5-15)25-22(28)24-2)26(3)20(14)21(27)16-6-8-17(23)9-7-16/h4-12H,13H2,1-3H3,(H2,24,25,28). The second kappa shape index (κ2) is 8.59. The molecule has 0 bridgehead atoms. The lowest BCUT2D eigenvalue weighted by molar-refractivity contribution is 0.103. The Morgan fingerprint density at radius 2 is 1.75 bits per heavy atom. The second-order valence-electron chi connectivity index (χ2n) is 6.64. The molecule has 0 radical (unpaired) electrons. The number of aromatic nitrogens is 1. The summed E-state index contributed by atoms with van der Waals surface area (Å²) in [5.74, 6) is 0.00282. The molecule has 3 rings (SSSR count). The zero-order valence-corrected chi connectivity index (χ0v) is 17.6. The summed E-state index contributed by atoms with van der Waals surface area (Å²) in [5.41, 5.74) is 5.49. The van der Waals surface area contributed by atoms with Crippen molar-refractivity contribution in [2.24, 2.45) is 7.05 Å². The molecule has 0 saturated heterocycles. The smallest absolute Gasteiger partial charge is 0.209 e. The van der Waals surface area contributed by atoms with Gasteiger partial charge in [-0.1, -0.05) is 23.7 Å². The van der Waals surface area contributed by atoms with E-state index in [0.29, 0.717) is 21.4 Å². The van der Waals surface area contributed by atoms with Crippen molar-refractivity contribution >= 4 is 40.4 Å². The van der Waals surface area contributed by atoms with Crippen LogP contribution in [0.2, 0.25) is 5.02 Å². The minimum Gasteiger partial charge on any atom is -0.366 e. The zero-order chi connectivity index (χ0) is 20.3. The predicted octanol–water partition coefficient (Wildman–Crippen LogP) is 4.72. The number of aryl methyl sites for hydroxylation is 1. The third-order valence-electron chi connectivity index (χ3n) is 4.67. The molecule has 0 atom stereocenters. The fourth-order valence-corrected chi connectivity index (χ4v) is 3.41. The van der Waals surface area contributed by atoms with Crippen LogP contribution in [0.4, 0.5) is 5.69 Å². The molecule has 0 spiro atoms. The van der Waals surface area contributed by atoms with Gasteiger partial charge in [0.25, 0.3) is 0 Å². The lowest BCUT2D eigenvalue weighted by Crippen LogP contribution is -2.24. The van der Waals surface area contributed by atoms with E-state index in [1.54, 1.807) is 31.3 Å². The van der Waals surface area contributed by atoms with Crippen molar-refractivity contribution in [1.29, 1.82) is 0 Å². The van der Waals surface area contributed by atoms with E-state index < -0.39 is 0 Å². The van der Waals surface area contributed by atoms with E-state index in [2.05, 4.69) is 28.8 Å². The van der Waals surface area contributed by atoms with Gasteiger partial charge in [0.15, 0.2) is 5.11 Å². The molecule has 1 heterocycles. The average Bonchev–Trinajstić information content (AvgIpc) is 2.96. The fourth-order valence-electron chi connectivity index (χ4n) is 3.17. The van der Waals surface area contributed by atoms with Gasteiger partial charge >= 0.3 is 0 Å². The molecule has 0 aliphatic carbocycles. The molecular weight excluding hydrogens is 390 g/mol. The van der Waals surface area contributed by atoms with Gasteiger partial charge in [-0.2, -0.15) is 0 Å². The molecule has 0 amide bonds. The Hall–Kier alpha value is -2.63. The summed E-state index contributed by atoms with van der Waals surface area (Å²) < 4.78 is 1.98. The highest BCUT2D eigenvalue weighted by atomic mass is 35.5. The number of carbonyl (C=O) groups is 1. The molecule has 6 heteroatoms. The van der Waals surface area contributed by atoms with Crippen LogP contribution < -0.4 is 10.6 Å². The summed E-state index contributed by atoms with van der Waals surface area (Å²) in [7, 11) is 3.72. The first-order valence-corrected chi connectivity index (χ1v) is 9.71. The number of ketones is 1. The van der Waals surface area contributed by atoms with Crippen LogP contribution in [0.25, 0.3) is 0 Å². The van der Waals surface area contributed by atoms with E-state index >= 15 is 0 Å². The molecule has 2 N–H and O–H groups in total. The zero-order valence-electron chi connectivity index (χ0n) is 16.0. The van der Waals surface area contributed by atoms with E-state index in [1.807, 2.05) is 30.7 Å². The SMILES string of the molecule is CNC(=S)Nc1ccc(Cc2cc(C)c(C(=O)c3ccc(Cl)cc3)n2C)cc1. The van der Waals surface area contributed by atoms with Crippen LogP contribution in [0.1, 0.15) is 32.9 Å². The number of thiocarbonyl (C=S) groups is 1. The van der Waals surface area contributed by atoms with Crippen LogP contribution in [-0.4, -0.2) is 22.5 Å². The maximum absolute atomic E-state index is 13.0. The minimum atomic E-state index is 0.00282. The number of anilines is 1. The quantitative estimate of drug-likeness (QED) is 0.471. The maximum atomic E-state index is 13.0. The van der Waals surface area contributed by atoms with E-state index in [4.69, 9.17) is 23.8 Å². The number of halogens is 1. The number of benzene rings is 2. The lowest BCUT2D eigenvalue weighted by atomic mass is 10.1. The van der Waals surface area contributed by atoms with E-state index in [0.717, 1.165) is 28.9 Å². The van der Waals surface area contributed by atoms with Crippen molar-refractivity contribution in [1.82, 2.24) is 9.88 Å². The van der Waals surface area contributed by atoms with Gasteiger partial charge in [0.1, 0.15) is 0 Å². The second-order valence-corrected chi connectivity index (χ2v) is 7.48. The summed E-state index contributed by atoms with van der Waals surface area (Å²) in [4.78, 5) is 13.0. The number of carbonyl (C=O) groups excluding carboxylic acids is 1. The van der Waals surface area contributed by atoms with Gasteiger partial charge in [0, 0.05) is 42.5 Å². The molecule has 0 aliphatic heterocycles. The fraction of sp³-hybridized carbons (Fsp3) is 0.182. The van der Waals surface area contributed by atoms with E-state index in [9.17, 15) is 4.79 Å². The molecule has 4 nitrogen and oxygen atoms in total. The van der Waals surface area contributed by atoms with Crippen LogP contribution in [-0.2, 0) is 13.5 Å². The van der Waals surface area contributed by atoms with Crippen LogP contribution in [0.5, 0.6) is 0 Å². The van der Waals surface area contributed by atoms with Crippen molar-refractivity contribution in [3.8, 4) is 0 Å². The molecule has 28 heavy (non-hydrogen) atoms. The van der Waals surface area contributed by atoms with Crippen LogP contribution >= 0.6 is 23.8 Å². The number of rotatable bonds is 5. The average molecular weight is 412 g/mol. The molecule has 144 valence electrons. The first kappa shape index (κ1) is 20.1. The van der Waals surface area contributed by atoms with E-state index in [-0.39, 0.29) is 5.78 Å². The number of hydrogen-bond donors (Lipinski definition) is 2. The molecular formula is C22H22ClN3OS. The van der Waals surface area contributed by atoms with Crippen molar-refractivity contribution in [3.05, 3.63) is 87.7 Å². The van der Waals surface area contributed by atoms with Crippen molar-refractivity contribution in [2.75, 3.05) is 12.4 Å². The Labute approximate surface area is 175 Å². The van der Waals surface area contributed by atoms with Gasteiger partial charge in [-0.25, -0.2) is 0 Å². The normalized spacial score (nSPS) is 10.6. The minimum absolute atomic E-state index is 0.00282. The summed E-state index contributed by atoms with van der Waals surface area (Å²) in [6.07, 6.45) is 0.738. The van der Waals surface area contributed by atoms with Gasteiger partial charge in [0.05, 0.1) is 5.69 Å². The third-order valence-corrected chi connectivity index (χ3v) is 5.23. The lowest BCUT2D eigenvalue weighted by Gasteiger charge is -2.10. The number of nitrogens with zero attached hydrogens (tertiary/aromatic N) is 1. The van der Waals surface area contributed by atoms with Gasteiger partial charge in [0.2, 0.25) is 5.78 Å². The number of hydrogen-bond acceptors (Lipinski definition) is 2. The summed E-state index contributed by atoms with van der Waals surface area (Å²) in [6.45, 7) is 1.97. The Balaban J connectivity index is 1.81. The molecule has 1 aromatic heterocycles. The maximum Gasteiger partial charge on any atom is 0.209 e. The van der Waals surface area contributed by atoms with E-state index in [1.165, 1.54) is 0 Å². The first-order valence-electron chi connectivity index (χ1n) is 8.92. The first-order chi connectivity index (χ1) is 13.4. The van der Waals surface area contributed by atoms with Gasteiger partial charge in [-0.15, -0.1) is 0 Å². The molecule has 0 saturated carbocycles. The van der Waals surface area contributed by atoms with Gasteiger partial charge in [-0.05, 0) is 72.7 Å². The highest BCUT2D eigenvalue weighted by Crippen LogP contribution is 2.22. The Morgan fingerprint density at radius 3 is 2.36 bits per heavy atom. The highest BCUT2D eigenvalue weighted by molar-refractivity contribution is 7.80. The topological polar surface area (TPSA) is 46.1 Å². The largest absolute Gasteiger partial charge is 0.366 e. The molecule has 3 aromatic rings. The summed E-state index contributed by atoms with van der Waals surface area (Å²) >= 11 is 11.1. The monoisotopic (exact) mass is 411 g/mol. The van der Waals surface area contributed by atoms with Gasteiger partial charge < -0.3 is 15.2 Å². The molecule has 2 aromatic carbocycles. The Morgan fingerprint density at radius 1 is 1.11 bits per heavy atom. The van der Waals surface area contributed by atoms with Crippen molar-refractivity contribution in [2.45, 2.75) is 13.3 Å². The summed E-state index contributed by atoms with van der Waals surface area (Å²) in [6, 6.07) is 17.2. The molecule has 0 aliphatic rings. The van der Waals surface area contributed by atoms with Crippen LogP contribution in [0.3, 0.4) is 0 Å². The Kier molecular flexibility index (Phi) is 6.17. The van der Waals surface area contributed by atoms with Crippen molar-refractivity contribution in [3.63, 3.8) is 0 Å².